The van der Waals surface area contributed by atoms with Crippen LogP contribution in [0.2, 0.25) is 0 Å². The van der Waals surface area contributed by atoms with E-state index in [1.807, 2.05) is 32.6 Å². The summed E-state index contributed by atoms with van der Waals surface area (Å²) in [7, 11) is 2.19. The summed E-state index contributed by atoms with van der Waals surface area (Å²) in [5.74, 6) is 0.224. The first-order chi connectivity index (χ1) is 14.6. The van der Waals surface area contributed by atoms with Gasteiger partial charge < -0.3 is 19.9 Å². The van der Waals surface area contributed by atoms with Gasteiger partial charge in [0.25, 0.3) is 0 Å². The first-order valence-corrected chi connectivity index (χ1v) is 12.3. The number of amides is 2. The zero-order valence-corrected chi connectivity index (χ0v) is 20.4. The van der Waals surface area contributed by atoms with Gasteiger partial charge in [0.2, 0.25) is 5.91 Å². The second kappa shape index (κ2) is 10.1. The monoisotopic (exact) mass is 436 g/mol. The summed E-state index contributed by atoms with van der Waals surface area (Å²) < 4.78 is 5.53. The molecule has 3 aliphatic rings. The van der Waals surface area contributed by atoms with Gasteiger partial charge in [-0.1, -0.05) is 19.3 Å². The van der Waals surface area contributed by atoms with Gasteiger partial charge in [-0.2, -0.15) is 0 Å². The molecule has 0 radical (unpaired) electrons. The fourth-order valence-corrected chi connectivity index (χ4v) is 5.50. The second-order valence-corrected chi connectivity index (χ2v) is 11.0. The standard InChI is InChI=1S/C24H44N4O3/c1-23(2,3)31-22(30)25-24(4,19-9-7-6-8-10-19)21(29)28-17-15-27(16-18-28)20-11-13-26(5)14-12-20/h19-20H,6-18H2,1-5H3,(H,25,30)/t24-/m1/s1. The van der Waals surface area contributed by atoms with Gasteiger partial charge in [0.1, 0.15) is 11.1 Å². The fourth-order valence-electron chi connectivity index (χ4n) is 5.50. The van der Waals surface area contributed by atoms with Crippen molar-refractivity contribution < 1.29 is 14.3 Å². The van der Waals surface area contributed by atoms with Gasteiger partial charge in [-0.25, -0.2) is 4.79 Å². The number of likely N-dealkylation sites (tertiary alicyclic amines) is 1. The highest BCUT2D eigenvalue weighted by atomic mass is 16.6. The lowest BCUT2D eigenvalue weighted by Crippen LogP contribution is -2.65. The normalized spacial score (nSPS) is 25.1. The molecule has 0 aromatic rings. The fraction of sp³-hybridized carbons (Fsp3) is 0.917. The Labute approximate surface area is 188 Å². The van der Waals surface area contributed by atoms with Crippen molar-refractivity contribution in [3.8, 4) is 0 Å². The third-order valence-electron chi connectivity index (χ3n) is 7.43. The Kier molecular flexibility index (Phi) is 7.90. The molecule has 0 unspecified atom stereocenters. The number of nitrogens with zero attached hydrogens (tertiary/aromatic N) is 3. The van der Waals surface area contributed by atoms with E-state index in [0.29, 0.717) is 6.04 Å². The summed E-state index contributed by atoms with van der Waals surface area (Å²) in [5.41, 5.74) is -1.49. The van der Waals surface area contributed by atoms with Gasteiger partial charge in [-0.3, -0.25) is 9.69 Å². The smallest absolute Gasteiger partial charge is 0.408 e. The molecule has 1 N–H and O–H groups in total. The molecule has 7 nitrogen and oxygen atoms in total. The van der Waals surface area contributed by atoms with Gasteiger partial charge in [-0.05, 0) is 79.4 Å². The number of nitrogens with one attached hydrogen (secondary N) is 1. The highest BCUT2D eigenvalue weighted by Gasteiger charge is 2.46. The molecular weight excluding hydrogens is 392 g/mol. The molecule has 178 valence electrons. The van der Waals surface area contributed by atoms with Gasteiger partial charge in [0, 0.05) is 32.2 Å². The number of ether oxygens (including phenoxy) is 1. The Bertz CT molecular complexity index is 613. The minimum Gasteiger partial charge on any atom is -0.444 e. The lowest BCUT2D eigenvalue weighted by atomic mass is 9.74. The van der Waals surface area contributed by atoms with E-state index < -0.39 is 17.2 Å². The van der Waals surface area contributed by atoms with Gasteiger partial charge in [-0.15, -0.1) is 0 Å². The SMILES string of the molecule is CN1CCC(N2CCN(C(=O)[C@](C)(NC(=O)OC(C)(C)C)C3CCCCC3)CC2)CC1. The number of hydrogen-bond donors (Lipinski definition) is 1. The molecule has 1 saturated carbocycles. The minimum absolute atomic E-state index is 0.0632. The van der Waals surface area contributed by atoms with Crippen molar-refractivity contribution in [2.45, 2.75) is 89.8 Å². The van der Waals surface area contributed by atoms with E-state index in [4.69, 9.17) is 4.74 Å². The van der Waals surface area contributed by atoms with Crippen LogP contribution in [0.25, 0.3) is 0 Å². The van der Waals surface area contributed by atoms with Crippen LogP contribution in [0.4, 0.5) is 4.79 Å². The first kappa shape index (κ1) is 24.3. The predicted molar refractivity (Wildman–Crippen MR) is 123 cm³/mol. The van der Waals surface area contributed by atoms with Gasteiger partial charge in [0.15, 0.2) is 0 Å². The number of rotatable bonds is 4. The minimum atomic E-state index is -0.904. The Morgan fingerprint density at radius 3 is 1.97 bits per heavy atom. The molecule has 0 bridgehead atoms. The van der Waals surface area contributed by atoms with Gasteiger partial charge in [0.05, 0.1) is 0 Å². The third kappa shape index (κ3) is 6.35. The van der Waals surface area contributed by atoms with Crippen molar-refractivity contribution in [2.24, 2.45) is 5.92 Å². The zero-order valence-electron chi connectivity index (χ0n) is 20.4. The van der Waals surface area contributed by atoms with Crippen molar-refractivity contribution in [1.82, 2.24) is 20.0 Å². The van der Waals surface area contributed by atoms with E-state index in [-0.39, 0.29) is 11.8 Å². The summed E-state index contributed by atoms with van der Waals surface area (Å²) in [6, 6.07) is 0.637. The molecular formula is C24H44N4O3. The molecule has 2 heterocycles. The van der Waals surface area contributed by atoms with Crippen LogP contribution in [0.3, 0.4) is 0 Å². The molecule has 3 rings (SSSR count). The molecule has 0 aromatic heterocycles. The average Bonchev–Trinajstić information content (AvgIpc) is 2.73. The number of carbonyl (C=O) groups excluding carboxylic acids is 2. The summed E-state index contributed by atoms with van der Waals surface area (Å²) in [6.07, 6.45) is 7.35. The molecule has 2 saturated heterocycles. The molecule has 0 spiro atoms. The van der Waals surface area contributed by atoms with Crippen molar-refractivity contribution in [3.63, 3.8) is 0 Å². The molecule has 31 heavy (non-hydrogen) atoms. The topological polar surface area (TPSA) is 65.1 Å². The van der Waals surface area contributed by atoms with Crippen LogP contribution < -0.4 is 5.32 Å². The van der Waals surface area contributed by atoms with E-state index in [1.54, 1.807) is 0 Å². The Balaban J connectivity index is 1.64. The molecule has 7 heteroatoms. The summed E-state index contributed by atoms with van der Waals surface area (Å²) >= 11 is 0. The van der Waals surface area contributed by atoms with E-state index in [2.05, 4.69) is 22.2 Å². The molecule has 2 amide bonds. The van der Waals surface area contributed by atoms with E-state index >= 15 is 0 Å². The quantitative estimate of drug-likeness (QED) is 0.734. The number of carbonyl (C=O) groups is 2. The molecule has 1 atom stereocenters. The largest absolute Gasteiger partial charge is 0.444 e. The third-order valence-corrected chi connectivity index (χ3v) is 7.43. The predicted octanol–water partition coefficient (Wildman–Crippen LogP) is 3.09. The zero-order chi connectivity index (χ0) is 22.6. The van der Waals surface area contributed by atoms with Crippen LogP contribution in [-0.4, -0.2) is 90.2 Å². The number of piperazine rings is 1. The maximum atomic E-state index is 13.8. The van der Waals surface area contributed by atoms with Gasteiger partial charge >= 0.3 is 6.09 Å². The number of hydrogen-bond acceptors (Lipinski definition) is 5. The number of alkyl carbamates (subject to hydrolysis) is 1. The van der Waals surface area contributed by atoms with Crippen molar-refractivity contribution >= 4 is 12.0 Å². The maximum absolute atomic E-state index is 13.8. The van der Waals surface area contributed by atoms with E-state index in [0.717, 1.165) is 65.0 Å². The average molecular weight is 437 g/mol. The molecule has 1 aliphatic carbocycles. The molecule has 0 aromatic carbocycles. The van der Waals surface area contributed by atoms with E-state index in [1.165, 1.54) is 19.3 Å². The Morgan fingerprint density at radius 1 is 0.839 bits per heavy atom. The van der Waals surface area contributed by atoms with Crippen molar-refractivity contribution in [2.75, 3.05) is 46.3 Å². The van der Waals surface area contributed by atoms with Crippen LogP contribution in [0, 0.1) is 5.92 Å². The van der Waals surface area contributed by atoms with Crippen LogP contribution in [0.5, 0.6) is 0 Å². The van der Waals surface area contributed by atoms with Crippen LogP contribution in [0.1, 0.15) is 72.6 Å². The summed E-state index contributed by atoms with van der Waals surface area (Å²) in [6.45, 7) is 13.1. The number of piperidine rings is 1. The lowest BCUT2D eigenvalue weighted by molar-refractivity contribution is -0.143. The lowest BCUT2D eigenvalue weighted by Gasteiger charge is -2.46. The van der Waals surface area contributed by atoms with Crippen molar-refractivity contribution in [1.29, 1.82) is 0 Å². The van der Waals surface area contributed by atoms with Crippen molar-refractivity contribution in [3.05, 3.63) is 0 Å². The highest BCUT2D eigenvalue weighted by Crippen LogP contribution is 2.34. The van der Waals surface area contributed by atoms with E-state index in [9.17, 15) is 9.59 Å². The Morgan fingerprint density at radius 2 is 1.42 bits per heavy atom. The maximum Gasteiger partial charge on any atom is 0.408 e. The first-order valence-electron chi connectivity index (χ1n) is 12.3. The Hall–Kier alpha value is -1.34. The van der Waals surface area contributed by atoms with Crippen LogP contribution in [-0.2, 0) is 9.53 Å². The summed E-state index contributed by atoms with van der Waals surface area (Å²) in [5, 5.41) is 3.02. The van der Waals surface area contributed by atoms with Crippen LogP contribution >= 0.6 is 0 Å². The summed E-state index contributed by atoms with van der Waals surface area (Å²) in [4.78, 5) is 33.4. The highest BCUT2D eigenvalue weighted by molar-refractivity contribution is 5.90. The second-order valence-electron chi connectivity index (χ2n) is 11.0. The molecule has 2 aliphatic heterocycles. The van der Waals surface area contributed by atoms with Crippen LogP contribution in [0.15, 0.2) is 0 Å². The molecule has 3 fully saturated rings.